The lowest BCUT2D eigenvalue weighted by molar-refractivity contribution is -0.140. The number of unbranched alkanes of at least 4 members (excludes halogenated alkanes) is 2. The van der Waals surface area contributed by atoms with Gasteiger partial charge in [0, 0.05) is 6.42 Å². The van der Waals surface area contributed by atoms with Gasteiger partial charge in [-0.25, -0.2) is 9.59 Å². The van der Waals surface area contributed by atoms with Crippen LogP contribution < -0.4 is 5.32 Å². The minimum absolute atomic E-state index is 0.335. The Labute approximate surface area is 150 Å². The number of esters is 1. The molecule has 1 aromatic carbocycles. The van der Waals surface area contributed by atoms with Gasteiger partial charge in [-0.05, 0) is 45.3 Å². The molecule has 5 heteroatoms. The number of hydrogen-bond donors (Lipinski definition) is 1. The van der Waals surface area contributed by atoms with Crippen molar-refractivity contribution in [3.05, 3.63) is 48.2 Å². The van der Waals surface area contributed by atoms with Gasteiger partial charge in [0.1, 0.15) is 11.6 Å². The maximum atomic E-state index is 12.3. The van der Waals surface area contributed by atoms with Crippen LogP contribution in [-0.4, -0.2) is 23.7 Å². The Hall–Kier alpha value is -2.30. The summed E-state index contributed by atoms with van der Waals surface area (Å²) < 4.78 is 10.4. The highest BCUT2D eigenvalue weighted by Gasteiger charge is 2.25. The van der Waals surface area contributed by atoms with Crippen LogP contribution in [-0.2, 0) is 20.7 Å². The first-order valence-corrected chi connectivity index (χ1v) is 8.70. The van der Waals surface area contributed by atoms with E-state index < -0.39 is 23.7 Å². The lowest BCUT2D eigenvalue weighted by Crippen LogP contribution is -2.45. The van der Waals surface area contributed by atoms with Crippen LogP contribution in [0.5, 0.6) is 0 Å². The van der Waals surface area contributed by atoms with E-state index in [1.54, 1.807) is 20.8 Å². The van der Waals surface area contributed by atoms with Crippen LogP contribution in [0.1, 0.15) is 52.5 Å². The molecule has 1 aromatic rings. The summed E-state index contributed by atoms with van der Waals surface area (Å²) >= 11 is 0. The average Bonchev–Trinajstić information content (AvgIpc) is 2.53. The van der Waals surface area contributed by atoms with Crippen molar-refractivity contribution in [3.8, 4) is 0 Å². The number of carbonyl (C=O) groups excluding carboxylic acids is 2. The number of amides is 1. The second-order valence-electron chi connectivity index (χ2n) is 6.84. The van der Waals surface area contributed by atoms with Crippen LogP contribution in [0.4, 0.5) is 4.79 Å². The first-order valence-electron chi connectivity index (χ1n) is 8.70. The summed E-state index contributed by atoms with van der Waals surface area (Å²) in [6.07, 6.45) is 5.88. The molecule has 0 saturated carbocycles. The van der Waals surface area contributed by atoms with Crippen LogP contribution in [0.3, 0.4) is 0 Å². The molecule has 0 saturated heterocycles. The third-order valence-electron chi connectivity index (χ3n) is 3.26. The molecule has 0 unspecified atom stereocenters. The number of hydrogen-bond acceptors (Lipinski definition) is 4. The molecule has 0 bridgehead atoms. The molecule has 1 rings (SSSR count). The molecule has 1 amide bonds. The molecule has 0 heterocycles. The van der Waals surface area contributed by atoms with E-state index in [4.69, 9.17) is 9.47 Å². The fraction of sp³-hybridized carbons (Fsp3) is 0.500. The third-order valence-corrected chi connectivity index (χ3v) is 3.26. The van der Waals surface area contributed by atoms with Crippen molar-refractivity contribution in [2.24, 2.45) is 0 Å². The number of benzene rings is 1. The molecule has 1 N–H and O–H groups in total. The van der Waals surface area contributed by atoms with Crippen LogP contribution in [0.2, 0.25) is 0 Å². The highest BCUT2D eigenvalue weighted by Crippen LogP contribution is 2.09. The summed E-state index contributed by atoms with van der Waals surface area (Å²) in [6, 6.07) is 8.65. The lowest BCUT2D eigenvalue weighted by Gasteiger charge is -2.22. The topological polar surface area (TPSA) is 64.6 Å². The lowest BCUT2D eigenvalue weighted by atomic mass is 10.1. The predicted molar refractivity (Wildman–Crippen MR) is 98.1 cm³/mol. The maximum absolute atomic E-state index is 12.3. The minimum atomic E-state index is -0.812. The van der Waals surface area contributed by atoms with Crippen molar-refractivity contribution in [3.63, 3.8) is 0 Å². The van der Waals surface area contributed by atoms with Gasteiger partial charge in [-0.15, -0.1) is 0 Å². The number of carbonyl (C=O) groups is 2. The smallest absolute Gasteiger partial charge is 0.408 e. The first kappa shape index (κ1) is 20.7. The van der Waals surface area contributed by atoms with Crippen LogP contribution in [0.15, 0.2) is 42.7 Å². The summed E-state index contributed by atoms with van der Waals surface area (Å²) in [5, 5.41) is 2.60. The molecular weight excluding hydrogens is 318 g/mol. The molecule has 138 valence electrons. The summed E-state index contributed by atoms with van der Waals surface area (Å²) in [4.78, 5) is 24.4. The number of ether oxygens (including phenoxy) is 2. The van der Waals surface area contributed by atoms with E-state index in [0.717, 1.165) is 24.8 Å². The van der Waals surface area contributed by atoms with Crippen molar-refractivity contribution in [2.45, 2.75) is 65.0 Å². The molecular formula is C20H29NO4. The van der Waals surface area contributed by atoms with Gasteiger partial charge >= 0.3 is 12.1 Å². The molecule has 0 spiro atoms. The SMILES string of the molecule is CCCC/C=C\OC(=O)[C@H](Cc1ccccc1)NC(=O)OC(C)(C)C. The summed E-state index contributed by atoms with van der Waals surface area (Å²) in [7, 11) is 0. The second kappa shape index (κ2) is 10.5. The van der Waals surface area contributed by atoms with Gasteiger partial charge in [0.15, 0.2) is 0 Å². The van der Waals surface area contributed by atoms with Gasteiger partial charge in [0.05, 0.1) is 6.26 Å². The molecule has 0 aromatic heterocycles. The highest BCUT2D eigenvalue weighted by atomic mass is 16.6. The van der Waals surface area contributed by atoms with Gasteiger partial charge < -0.3 is 14.8 Å². The molecule has 25 heavy (non-hydrogen) atoms. The second-order valence-corrected chi connectivity index (χ2v) is 6.84. The Bertz CT molecular complexity index is 561. The monoisotopic (exact) mass is 347 g/mol. The van der Waals surface area contributed by atoms with Crippen molar-refractivity contribution >= 4 is 12.1 Å². The van der Waals surface area contributed by atoms with E-state index in [1.807, 2.05) is 36.4 Å². The maximum Gasteiger partial charge on any atom is 0.408 e. The molecule has 0 aliphatic heterocycles. The Balaban J connectivity index is 2.71. The van der Waals surface area contributed by atoms with E-state index in [-0.39, 0.29) is 0 Å². The van der Waals surface area contributed by atoms with Gasteiger partial charge in [-0.3, -0.25) is 0 Å². The summed E-state index contributed by atoms with van der Waals surface area (Å²) in [6.45, 7) is 7.41. The summed E-state index contributed by atoms with van der Waals surface area (Å²) in [5.74, 6) is -0.512. The Kier molecular flexibility index (Phi) is 8.75. The summed E-state index contributed by atoms with van der Waals surface area (Å²) in [5.41, 5.74) is 0.293. The van der Waals surface area contributed by atoms with E-state index in [1.165, 1.54) is 6.26 Å². The largest absolute Gasteiger partial charge is 0.444 e. The zero-order valence-electron chi connectivity index (χ0n) is 15.6. The van der Waals surface area contributed by atoms with Crippen LogP contribution in [0.25, 0.3) is 0 Å². The number of nitrogens with one attached hydrogen (secondary N) is 1. The quantitative estimate of drug-likeness (QED) is 0.431. The number of allylic oxidation sites excluding steroid dienone is 1. The van der Waals surface area contributed by atoms with Gasteiger partial charge in [-0.1, -0.05) is 43.7 Å². The average molecular weight is 347 g/mol. The number of alkyl carbamates (subject to hydrolysis) is 1. The Morgan fingerprint density at radius 1 is 1.20 bits per heavy atom. The van der Waals surface area contributed by atoms with E-state index in [2.05, 4.69) is 12.2 Å². The molecule has 0 fully saturated rings. The van der Waals surface area contributed by atoms with Gasteiger partial charge in [-0.2, -0.15) is 0 Å². The standard InChI is InChI=1S/C20H29NO4/c1-5-6-7-11-14-24-18(22)17(15-16-12-9-8-10-13-16)21-19(23)25-20(2,3)4/h8-14,17H,5-7,15H2,1-4H3,(H,21,23)/b14-11-/t17-/m0/s1. The molecule has 0 aliphatic rings. The zero-order valence-corrected chi connectivity index (χ0v) is 15.6. The third kappa shape index (κ3) is 9.55. The Morgan fingerprint density at radius 2 is 1.88 bits per heavy atom. The normalized spacial score (nSPS) is 12.6. The van der Waals surface area contributed by atoms with Crippen molar-refractivity contribution in [1.82, 2.24) is 5.32 Å². The van der Waals surface area contributed by atoms with Gasteiger partial charge in [0.25, 0.3) is 0 Å². The first-order chi connectivity index (χ1) is 11.8. The molecule has 1 atom stereocenters. The fourth-order valence-corrected chi connectivity index (χ4v) is 2.08. The molecule has 0 aliphatic carbocycles. The van der Waals surface area contributed by atoms with Gasteiger partial charge in [0.2, 0.25) is 0 Å². The van der Waals surface area contributed by atoms with Crippen molar-refractivity contribution in [2.75, 3.05) is 0 Å². The van der Waals surface area contributed by atoms with E-state index >= 15 is 0 Å². The van der Waals surface area contributed by atoms with Crippen molar-refractivity contribution in [1.29, 1.82) is 0 Å². The minimum Gasteiger partial charge on any atom is -0.444 e. The molecule has 5 nitrogen and oxygen atoms in total. The van der Waals surface area contributed by atoms with E-state index in [0.29, 0.717) is 6.42 Å². The molecule has 0 radical (unpaired) electrons. The zero-order chi connectivity index (χ0) is 18.7. The van der Waals surface area contributed by atoms with E-state index in [9.17, 15) is 9.59 Å². The van der Waals surface area contributed by atoms with Crippen LogP contribution >= 0.6 is 0 Å². The predicted octanol–water partition coefficient (Wildman–Crippen LogP) is 4.37. The fourth-order valence-electron chi connectivity index (χ4n) is 2.08. The van der Waals surface area contributed by atoms with Crippen molar-refractivity contribution < 1.29 is 19.1 Å². The number of rotatable bonds is 8. The Morgan fingerprint density at radius 3 is 2.48 bits per heavy atom. The van der Waals surface area contributed by atoms with Crippen LogP contribution in [0, 0.1) is 0 Å². The highest BCUT2D eigenvalue weighted by molar-refractivity contribution is 5.82.